The molecule has 0 radical (unpaired) electrons. The predicted octanol–water partition coefficient (Wildman–Crippen LogP) is 2.72. The van der Waals surface area contributed by atoms with Crippen molar-refractivity contribution in [2.75, 3.05) is 7.11 Å². The first-order valence-corrected chi connectivity index (χ1v) is 6.43. The van der Waals surface area contributed by atoms with E-state index in [-0.39, 0.29) is 5.43 Å². The lowest BCUT2D eigenvalue weighted by atomic mass is 9.94. The van der Waals surface area contributed by atoms with Crippen molar-refractivity contribution in [1.82, 2.24) is 4.98 Å². The van der Waals surface area contributed by atoms with Gasteiger partial charge in [0, 0.05) is 22.7 Å². The minimum Gasteiger partial charge on any atom is -0.496 e. The number of aromatic amines is 1. The van der Waals surface area contributed by atoms with Gasteiger partial charge in [0.15, 0.2) is 5.43 Å². The van der Waals surface area contributed by atoms with Gasteiger partial charge in [0.05, 0.1) is 12.6 Å². The molecule has 2 aromatic rings. The van der Waals surface area contributed by atoms with Gasteiger partial charge in [-0.25, -0.2) is 0 Å². The van der Waals surface area contributed by atoms with E-state index in [0.29, 0.717) is 0 Å². The fraction of sp³-hybridized carbons (Fsp3) is 0.400. The molecule has 0 fully saturated rings. The first-order valence-electron chi connectivity index (χ1n) is 6.43. The number of methoxy groups -OCH3 is 1. The van der Waals surface area contributed by atoms with Crippen LogP contribution >= 0.6 is 0 Å². The summed E-state index contributed by atoms with van der Waals surface area (Å²) in [6, 6.07) is 3.86. The number of pyridine rings is 1. The van der Waals surface area contributed by atoms with Crippen molar-refractivity contribution in [1.29, 1.82) is 0 Å². The number of benzene rings is 1. The Kier molecular flexibility index (Phi) is 2.62. The van der Waals surface area contributed by atoms with Gasteiger partial charge in [0.2, 0.25) is 0 Å². The summed E-state index contributed by atoms with van der Waals surface area (Å²) in [5.41, 5.74) is 4.20. The molecule has 0 atom stereocenters. The van der Waals surface area contributed by atoms with Crippen molar-refractivity contribution in [3.63, 3.8) is 0 Å². The van der Waals surface area contributed by atoms with Gasteiger partial charge in [-0.15, -0.1) is 0 Å². The molecule has 1 aromatic heterocycles. The predicted molar refractivity (Wildman–Crippen MR) is 72.5 cm³/mol. The second kappa shape index (κ2) is 4.16. The molecular weight excluding hydrogens is 226 g/mol. The third kappa shape index (κ3) is 1.62. The fourth-order valence-corrected chi connectivity index (χ4v) is 2.82. The molecule has 1 heterocycles. The zero-order valence-corrected chi connectivity index (χ0v) is 10.8. The Labute approximate surface area is 106 Å². The van der Waals surface area contributed by atoms with E-state index in [2.05, 4.69) is 4.98 Å². The zero-order valence-electron chi connectivity index (χ0n) is 10.8. The van der Waals surface area contributed by atoms with Gasteiger partial charge in [0.1, 0.15) is 5.75 Å². The van der Waals surface area contributed by atoms with Crippen LogP contribution < -0.4 is 10.2 Å². The van der Waals surface area contributed by atoms with E-state index in [1.54, 1.807) is 7.11 Å². The summed E-state index contributed by atoms with van der Waals surface area (Å²) >= 11 is 0. The number of ether oxygens (including phenoxy) is 1. The molecule has 1 aliphatic carbocycles. The van der Waals surface area contributed by atoms with Gasteiger partial charge < -0.3 is 9.72 Å². The van der Waals surface area contributed by atoms with E-state index >= 15 is 0 Å². The standard InChI is InChI=1S/C15H17NO2/c1-9-7-11-13(8-14(9)18-2)16-12-6-4-3-5-10(12)15(11)17/h7-8H,3-6H2,1-2H3,(H,16,17). The number of aryl methyl sites for hydroxylation is 2. The molecule has 0 saturated heterocycles. The van der Waals surface area contributed by atoms with Gasteiger partial charge in [-0.1, -0.05) is 0 Å². The molecular formula is C15H17NO2. The fourth-order valence-electron chi connectivity index (χ4n) is 2.82. The Morgan fingerprint density at radius 2 is 2.00 bits per heavy atom. The lowest BCUT2D eigenvalue weighted by molar-refractivity contribution is 0.412. The van der Waals surface area contributed by atoms with Crippen LogP contribution in [0.1, 0.15) is 29.7 Å². The average Bonchev–Trinajstić information content (AvgIpc) is 2.39. The van der Waals surface area contributed by atoms with E-state index in [0.717, 1.165) is 59.2 Å². The quantitative estimate of drug-likeness (QED) is 0.836. The summed E-state index contributed by atoms with van der Waals surface area (Å²) in [6.07, 6.45) is 4.18. The molecule has 0 aliphatic heterocycles. The van der Waals surface area contributed by atoms with E-state index in [4.69, 9.17) is 4.74 Å². The van der Waals surface area contributed by atoms with Crippen molar-refractivity contribution >= 4 is 10.9 Å². The lowest BCUT2D eigenvalue weighted by Crippen LogP contribution is -2.18. The van der Waals surface area contributed by atoms with Crippen LogP contribution in [0.2, 0.25) is 0 Å². The number of nitrogens with one attached hydrogen (secondary N) is 1. The summed E-state index contributed by atoms with van der Waals surface area (Å²) in [4.78, 5) is 15.9. The lowest BCUT2D eigenvalue weighted by Gasteiger charge is -2.16. The smallest absolute Gasteiger partial charge is 0.192 e. The van der Waals surface area contributed by atoms with Crippen molar-refractivity contribution in [3.8, 4) is 5.75 Å². The highest BCUT2D eigenvalue weighted by Gasteiger charge is 2.16. The van der Waals surface area contributed by atoms with E-state index < -0.39 is 0 Å². The minimum atomic E-state index is 0.198. The van der Waals surface area contributed by atoms with Gasteiger partial charge in [-0.3, -0.25) is 4.79 Å². The van der Waals surface area contributed by atoms with E-state index in [1.807, 2.05) is 19.1 Å². The van der Waals surface area contributed by atoms with Crippen LogP contribution in [0, 0.1) is 6.92 Å². The van der Waals surface area contributed by atoms with Crippen LogP contribution in [0.4, 0.5) is 0 Å². The third-order valence-electron chi connectivity index (χ3n) is 3.81. The van der Waals surface area contributed by atoms with Crippen LogP contribution in [-0.4, -0.2) is 12.1 Å². The molecule has 0 unspecified atom stereocenters. The molecule has 0 saturated carbocycles. The maximum atomic E-state index is 12.5. The Bertz CT molecular complexity index is 670. The number of aromatic nitrogens is 1. The topological polar surface area (TPSA) is 42.1 Å². The molecule has 0 spiro atoms. The number of H-pyrrole nitrogens is 1. The average molecular weight is 243 g/mol. The third-order valence-corrected chi connectivity index (χ3v) is 3.81. The molecule has 1 aliphatic rings. The molecule has 0 bridgehead atoms. The number of hydrogen-bond donors (Lipinski definition) is 1. The summed E-state index contributed by atoms with van der Waals surface area (Å²) in [7, 11) is 1.66. The van der Waals surface area contributed by atoms with Crippen LogP contribution in [-0.2, 0) is 12.8 Å². The van der Waals surface area contributed by atoms with Crippen LogP contribution in [0.15, 0.2) is 16.9 Å². The molecule has 1 N–H and O–H groups in total. The van der Waals surface area contributed by atoms with Crippen molar-refractivity contribution in [2.24, 2.45) is 0 Å². The second-order valence-electron chi connectivity index (χ2n) is 4.99. The summed E-state index contributed by atoms with van der Waals surface area (Å²) in [5.74, 6) is 0.828. The van der Waals surface area contributed by atoms with Crippen molar-refractivity contribution in [3.05, 3.63) is 39.2 Å². The highest BCUT2D eigenvalue weighted by Crippen LogP contribution is 2.25. The van der Waals surface area contributed by atoms with Crippen molar-refractivity contribution < 1.29 is 4.74 Å². The molecule has 0 amide bonds. The van der Waals surface area contributed by atoms with E-state index in [1.165, 1.54) is 0 Å². The molecule has 3 rings (SSSR count). The van der Waals surface area contributed by atoms with Crippen molar-refractivity contribution in [2.45, 2.75) is 32.6 Å². The van der Waals surface area contributed by atoms with Crippen LogP contribution in [0.5, 0.6) is 5.75 Å². The second-order valence-corrected chi connectivity index (χ2v) is 4.99. The monoisotopic (exact) mass is 243 g/mol. The summed E-state index contributed by atoms with van der Waals surface area (Å²) in [6.45, 7) is 1.97. The maximum absolute atomic E-state index is 12.5. The van der Waals surface area contributed by atoms with Gasteiger partial charge in [-0.05, 0) is 44.2 Å². The maximum Gasteiger partial charge on any atom is 0.192 e. The molecule has 94 valence electrons. The zero-order chi connectivity index (χ0) is 12.7. The van der Waals surface area contributed by atoms with Gasteiger partial charge in [-0.2, -0.15) is 0 Å². The highest BCUT2D eigenvalue weighted by atomic mass is 16.5. The van der Waals surface area contributed by atoms with E-state index in [9.17, 15) is 4.79 Å². The number of fused-ring (bicyclic) bond motifs is 2. The van der Waals surface area contributed by atoms with Crippen LogP contribution in [0.25, 0.3) is 10.9 Å². The number of hydrogen-bond acceptors (Lipinski definition) is 2. The summed E-state index contributed by atoms with van der Waals surface area (Å²) in [5, 5.41) is 0.786. The van der Waals surface area contributed by atoms with Gasteiger partial charge >= 0.3 is 0 Å². The SMILES string of the molecule is COc1cc2[nH]c3c(c(=O)c2cc1C)CCCC3. The Morgan fingerprint density at radius 3 is 2.78 bits per heavy atom. The van der Waals surface area contributed by atoms with Gasteiger partial charge in [0.25, 0.3) is 0 Å². The Hall–Kier alpha value is -1.77. The number of rotatable bonds is 1. The highest BCUT2D eigenvalue weighted by molar-refractivity contribution is 5.82. The molecule has 3 nitrogen and oxygen atoms in total. The normalized spacial score (nSPS) is 14.6. The summed E-state index contributed by atoms with van der Waals surface area (Å²) < 4.78 is 5.31. The first kappa shape index (κ1) is 11.3. The molecule has 18 heavy (non-hydrogen) atoms. The van der Waals surface area contributed by atoms with Crippen LogP contribution in [0.3, 0.4) is 0 Å². The molecule has 3 heteroatoms. The molecule has 1 aromatic carbocycles. The first-order chi connectivity index (χ1) is 8.70. The minimum absolute atomic E-state index is 0.198. The largest absolute Gasteiger partial charge is 0.496 e. The Balaban J connectivity index is 2.35. The Morgan fingerprint density at radius 1 is 1.22 bits per heavy atom.